The molecule has 2 aromatic carbocycles. The molecule has 0 aromatic heterocycles. The number of alkyl halides is 3. The van der Waals surface area contributed by atoms with Crippen molar-refractivity contribution in [1.82, 2.24) is 5.32 Å². The topological polar surface area (TPSA) is 76.7 Å². The number of rotatable bonds is 9. The molecular weight excluding hydrogens is 413 g/mol. The minimum atomic E-state index is -4.45. The lowest BCUT2D eigenvalue weighted by Crippen LogP contribution is -2.31. The molecule has 0 aliphatic carbocycles. The Morgan fingerprint density at radius 2 is 1.77 bits per heavy atom. The van der Waals surface area contributed by atoms with Gasteiger partial charge in [0.2, 0.25) is 5.91 Å². The minimum Gasteiger partial charge on any atom is -0.493 e. The zero-order valence-electron chi connectivity index (χ0n) is 17.5. The number of halogens is 3. The van der Waals surface area contributed by atoms with Crippen molar-refractivity contribution in [3.05, 3.63) is 53.6 Å². The molecular formula is C22H25F3N2O4. The molecule has 6 nitrogen and oxygen atoms in total. The average Bonchev–Trinajstić information content (AvgIpc) is 2.70. The maximum absolute atomic E-state index is 12.4. The van der Waals surface area contributed by atoms with E-state index in [2.05, 4.69) is 10.6 Å². The first-order chi connectivity index (χ1) is 14.6. The smallest absolute Gasteiger partial charge is 0.422 e. The average molecular weight is 438 g/mol. The summed E-state index contributed by atoms with van der Waals surface area (Å²) in [4.78, 5) is 24.7. The number of benzene rings is 2. The first kappa shape index (κ1) is 24.0. The highest BCUT2D eigenvalue weighted by atomic mass is 19.4. The Balaban J connectivity index is 2.00. The highest BCUT2D eigenvalue weighted by Crippen LogP contribution is 2.30. The van der Waals surface area contributed by atoms with Gasteiger partial charge in [0.15, 0.2) is 18.1 Å². The van der Waals surface area contributed by atoms with Gasteiger partial charge >= 0.3 is 6.18 Å². The molecule has 31 heavy (non-hydrogen) atoms. The lowest BCUT2D eigenvalue weighted by molar-refractivity contribution is -0.153. The van der Waals surface area contributed by atoms with Gasteiger partial charge in [0.25, 0.3) is 5.91 Å². The fraction of sp³-hybridized carbons (Fsp3) is 0.364. The van der Waals surface area contributed by atoms with E-state index in [1.54, 1.807) is 30.3 Å². The van der Waals surface area contributed by atoms with Crippen molar-refractivity contribution in [2.75, 3.05) is 19.0 Å². The lowest BCUT2D eigenvalue weighted by atomic mass is 10.1. The Kier molecular flexibility index (Phi) is 8.30. The van der Waals surface area contributed by atoms with E-state index in [9.17, 15) is 22.8 Å². The van der Waals surface area contributed by atoms with Crippen LogP contribution in [-0.2, 0) is 11.2 Å². The van der Waals surface area contributed by atoms with Gasteiger partial charge in [-0.25, -0.2) is 0 Å². The molecule has 0 radical (unpaired) electrons. The van der Waals surface area contributed by atoms with Crippen molar-refractivity contribution in [3.8, 4) is 11.5 Å². The van der Waals surface area contributed by atoms with Gasteiger partial charge in [0, 0.05) is 12.5 Å². The number of nitrogens with one attached hydrogen (secondary N) is 2. The van der Waals surface area contributed by atoms with E-state index in [1.807, 2.05) is 13.8 Å². The second-order valence-electron chi connectivity index (χ2n) is 7.11. The molecule has 0 heterocycles. The van der Waals surface area contributed by atoms with Gasteiger partial charge in [0.1, 0.15) is 0 Å². The quantitative estimate of drug-likeness (QED) is 0.611. The number of amides is 2. The Morgan fingerprint density at radius 1 is 1.06 bits per heavy atom. The molecule has 0 aliphatic heterocycles. The van der Waals surface area contributed by atoms with E-state index in [4.69, 9.17) is 9.47 Å². The van der Waals surface area contributed by atoms with E-state index in [0.29, 0.717) is 23.2 Å². The maximum Gasteiger partial charge on any atom is 0.422 e. The first-order valence-electron chi connectivity index (χ1n) is 9.65. The van der Waals surface area contributed by atoms with Crippen molar-refractivity contribution in [3.63, 3.8) is 0 Å². The predicted molar refractivity (Wildman–Crippen MR) is 111 cm³/mol. The SMILES string of the molecule is COc1cc(CCC(=O)Nc2ccccc2C(=O)NC(C)C)ccc1OCC(F)(F)F. The third-order valence-corrected chi connectivity index (χ3v) is 4.13. The molecule has 0 aliphatic rings. The molecule has 2 aromatic rings. The maximum atomic E-state index is 12.4. The molecule has 9 heteroatoms. The second kappa shape index (κ2) is 10.7. The summed E-state index contributed by atoms with van der Waals surface area (Å²) in [5.74, 6) is -0.470. The number of anilines is 1. The molecule has 0 bridgehead atoms. The number of methoxy groups -OCH3 is 1. The van der Waals surface area contributed by atoms with E-state index < -0.39 is 12.8 Å². The van der Waals surface area contributed by atoms with Crippen LogP contribution in [0.5, 0.6) is 11.5 Å². The van der Waals surface area contributed by atoms with Crippen LogP contribution in [-0.4, -0.2) is 37.7 Å². The number of carbonyl (C=O) groups excluding carboxylic acids is 2. The highest BCUT2D eigenvalue weighted by molar-refractivity contribution is 6.03. The van der Waals surface area contributed by atoms with Crippen LogP contribution in [0.25, 0.3) is 0 Å². The van der Waals surface area contributed by atoms with Crippen LogP contribution in [0.15, 0.2) is 42.5 Å². The second-order valence-corrected chi connectivity index (χ2v) is 7.11. The summed E-state index contributed by atoms with van der Waals surface area (Å²) in [5, 5.41) is 5.51. The summed E-state index contributed by atoms with van der Waals surface area (Å²) in [6.07, 6.45) is -4.03. The van der Waals surface area contributed by atoms with Crippen LogP contribution in [0.4, 0.5) is 18.9 Å². The molecule has 0 spiro atoms. The molecule has 0 atom stereocenters. The van der Waals surface area contributed by atoms with Crippen molar-refractivity contribution >= 4 is 17.5 Å². The standard InChI is InChI=1S/C22H25F3N2O4/c1-14(2)26-21(29)16-6-4-5-7-17(16)27-20(28)11-9-15-8-10-18(19(12-15)30-3)31-13-22(23,24)25/h4-8,10,12,14H,9,11,13H2,1-3H3,(H,26,29)(H,27,28). The van der Waals surface area contributed by atoms with Gasteiger partial charge in [-0.2, -0.15) is 13.2 Å². The third kappa shape index (κ3) is 7.84. The third-order valence-electron chi connectivity index (χ3n) is 4.13. The summed E-state index contributed by atoms with van der Waals surface area (Å²) in [6.45, 7) is 2.26. The first-order valence-corrected chi connectivity index (χ1v) is 9.65. The summed E-state index contributed by atoms with van der Waals surface area (Å²) in [6, 6.07) is 11.1. The van der Waals surface area contributed by atoms with Gasteiger partial charge in [0.05, 0.1) is 18.4 Å². The summed E-state index contributed by atoms with van der Waals surface area (Å²) in [7, 11) is 1.32. The van der Waals surface area contributed by atoms with Crippen molar-refractivity contribution in [1.29, 1.82) is 0 Å². The van der Waals surface area contributed by atoms with E-state index in [0.717, 1.165) is 0 Å². The number of carbonyl (C=O) groups is 2. The van der Waals surface area contributed by atoms with Gasteiger partial charge in [-0.15, -0.1) is 0 Å². The highest BCUT2D eigenvalue weighted by Gasteiger charge is 2.29. The van der Waals surface area contributed by atoms with Crippen molar-refractivity contribution in [2.45, 2.75) is 38.9 Å². The summed E-state index contributed by atoms with van der Waals surface area (Å²) in [5.41, 5.74) is 1.45. The van der Waals surface area contributed by atoms with Crippen LogP contribution in [0.3, 0.4) is 0 Å². The Morgan fingerprint density at radius 3 is 2.42 bits per heavy atom. The zero-order chi connectivity index (χ0) is 23.0. The molecule has 2 rings (SSSR count). The molecule has 0 saturated carbocycles. The van der Waals surface area contributed by atoms with Gasteiger partial charge in [-0.1, -0.05) is 18.2 Å². The number of ether oxygens (including phenoxy) is 2. The van der Waals surface area contributed by atoms with Crippen LogP contribution in [0, 0.1) is 0 Å². The molecule has 2 amide bonds. The minimum absolute atomic E-state index is 0.0295. The van der Waals surface area contributed by atoms with E-state index in [1.165, 1.54) is 19.2 Å². The molecule has 168 valence electrons. The van der Waals surface area contributed by atoms with Gasteiger partial charge in [-0.3, -0.25) is 9.59 Å². The van der Waals surface area contributed by atoms with E-state index in [-0.39, 0.29) is 35.8 Å². The summed E-state index contributed by atoms with van der Waals surface area (Å²) < 4.78 is 46.9. The number of hydrogen-bond acceptors (Lipinski definition) is 4. The molecule has 2 N–H and O–H groups in total. The number of para-hydroxylation sites is 1. The zero-order valence-corrected chi connectivity index (χ0v) is 17.5. The molecule has 0 fully saturated rings. The van der Waals surface area contributed by atoms with Crippen LogP contribution >= 0.6 is 0 Å². The van der Waals surface area contributed by atoms with Crippen LogP contribution in [0.1, 0.15) is 36.2 Å². The van der Waals surface area contributed by atoms with Gasteiger partial charge in [-0.05, 0) is 50.1 Å². The van der Waals surface area contributed by atoms with Crippen LogP contribution < -0.4 is 20.1 Å². The van der Waals surface area contributed by atoms with Gasteiger partial charge < -0.3 is 20.1 Å². The monoisotopic (exact) mass is 438 g/mol. The Hall–Kier alpha value is -3.23. The number of hydrogen-bond donors (Lipinski definition) is 2. The summed E-state index contributed by atoms with van der Waals surface area (Å²) >= 11 is 0. The van der Waals surface area contributed by atoms with E-state index >= 15 is 0 Å². The predicted octanol–water partition coefficient (Wildman–Crippen LogP) is 4.35. The lowest BCUT2D eigenvalue weighted by Gasteiger charge is -2.14. The molecule has 0 unspecified atom stereocenters. The van der Waals surface area contributed by atoms with Crippen molar-refractivity contribution in [2.24, 2.45) is 0 Å². The normalized spacial score (nSPS) is 11.2. The Labute approximate surface area is 178 Å². The molecule has 0 saturated heterocycles. The van der Waals surface area contributed by atoms with Crippen molar-refractivity contribution < 1.29 is 32.2 Å². The largest absolute Gasteiger partial charge is 0.493 e. The Bertz CT molecular complexity index is 914. The van der Waals surface area contributed by atoms with Crippen LogP contribution in [0.2, 0.25) is 0 Å². The number of aryl methyl sites for hydroxylation is 1. The fourth-order valence-corrected chi connectivity index (χ4v) is 2.75. The fourth-order valence-electron chi connectivity index (χ4n) is 2.75.